The molecule has 0 saturated heterocycles. The Kier molecular flexibility index (Phi) is 3.69. The second-order valence-corrected chi connectivity index (χ2v) is 3.60. The van der Waals surface area contributed by atoms with Crippen LogP contribution in [0.2, 0.25) is 0 Å². The summed E-state index contributed by atoms with van der Waals surface area (Å²) in [6.07, 6.45) is 2.65. The van der Waals surface area contributed by atoms with Gasteiger partial charge in [-0.1, -0.05) is 13.3 Å². The van der Waals surface area contributed by atoms with E-state index in [-0.39, 0.29) is 5.78 Å². The van der Waals surface area contributed by atoms with Crippen molar-refractivity contribution in [2.45, 2.75) is 33.1 Å². The minimum Gasteiger partial charge on any atom is -0.399 e. The fraction of sp³-hybridized carbons (Fsp3) is 0.417. The van der Waals surface area contributed by atoms with E-state index in [9.17, 15) is 4.79 Å². The summed E-state index contributed by atoms with van der Waals surface area (Å²) in [5.74, 6) is 0.218. The highest BCUT2D eigenvalue weighted by atomic mass is 16.1. The standard InChI is InChI=1S/C12H17NO/c1-3-4-5-12(14)10-6-7-11(13)9(2)8-10/h6-8H,3-5,13H2,1-2H3. The van der Waals surface area contributed by atoms with Crippen LogP contribution in [-0.2, 0) is 0 Å². The molecule has 76 valence electrons. The number of carbonyl (C=O) groups excluding carboxylic acids is 1. The molecule has 14 heavy (non-hydrogen) atoms. The maximum absolute atomic E-state index is 11.6. The van der Waals surface area contributed by atoms with Crippen LogP contribution in [0.1, 0.15) is 42.1 Å². The first kappa shape index (κ1) is 10.8. The normalized spacial score (nSPS) is 10.1. The molecule has 2 nitrogen and oxygen atoms in total. The third-order valence-electron chi connectivity index (χ3n) is 2.35. The summed E-state index contributed by atoms with van der Waals surface area (Å²) in [6.45, 7) is 4.01. The molecule has 0 aliphatic carbocycles. The molecule has 0 spiro atoms. The topological polar surface area (TPSA) is 43.1 Å². The van der Waals surface area contributed by atoms with E-state index < -0.39 is 0 Å². The molecule has 0 fully saturated rings. The van der Waals surface area contributed by atoms with E-state index in [2.05, 4.69) is 6.92 Å². The van der Waals surface area contributed by atoms with Crippen molar-refractivity contribution in [1.29, 1.82) is 0 Å². The number of rotatable bonds is 4. The van der Waals surface area contributed by atoms with Gasteiger partial charge in [0.2, 0.25) is 0 Å². The highest BCUT2D eigenvalue weighted by molar-refractivity contribution is 5.96. The Morgan fingerprint density at radius 3 is 2.71 bits per heavy atom. The Morgan fingerprint density at radius 1 is 1.43 bits per heavy atom. The molecule has 1 aromatic carbocycles. The van der Waals surface area contributed by atoms with Crippen LogP contribution in [0.5, 0.6) is 0 Å². The van der Waals surface area contributed by atoms with Crippen LogP contribution in [0.15, 0.2) is 18.2 Å². The lowest BCUT2D eigenvalue weighted by Gasteiger charge is -2.03. The summed E-state index contributed by atoms with van der Waals surface area (Å²) in [4.78, 5) is 11.6. The van der Waals surface area contributed by atoms with E-state index in [1.165, 1.54) is 0 Å². The smallest absolute Gasteiger partial charge is 0.162 e. The van der Waals surface area contributed by atoms with Gasteiger partial charge in [0, 0.05) is 17.7 Å². The Labute approximate surface area is 85.1 Å². The van der Waals surface area contributed by atoms with Gasteiger partial charge in [0.15, 0.2) is 5.78 Å². The molecule has 1 aromatic rings. The maximum Gasteiger partial charge on any atom is 0.162 e. The quantitative estimate of drug-likeness (QED) is 0.587. The third kappa shape index (κ3) is 2.59. The van der Waals surface area contributed by atoms with E-state index >= 15 is 0 Å². The number of ketones is 1. The van der Waals surface area contributed by atoms with Gasteiger partial charge in [0.05, 0.1) is 0 Å². The summed E-state index contributed by atoms with van der Waals surface area (Å²) < 4.78 is 0. The van der Waals surface area contributed by atoms with Crippen LogP contribution in [0.25, 0.3) is 0 Å². The van der Waals surface area contributed by atoms with E-state index in [1.807, 2.05) is 13.0 Å². The molecular formula is C12H17NO. The van der Waals surface area contributed by atoms with Gasteiger partial charge in [-0.15, -0.1) is 0 Å². The molecule has 0 radical (unpaired) electrons. The number of Topliss-reactive ketones (excluding diaryl/α,β-unsaturated/α-hetero) is 1. The Morgan fingerprint density at radius 2 is 2.14 bits per heavy atom. The van der Waals surface area contributed by atoms with E-state index in [1.54, 1.807) is 12.1 Å². The zero-order valence-electron chi connectivity index (χ0n) is 8.84. The van der Waals surface area contributed by atoms with E-state index in [4.69, 9.17) is 5.73 Å². The fourth-order valence-electron chi connectivity index (χ4n) is 1.33. The highest BCUT2D eigenvalue weighted by Gasteiger charge is 2.05. The monoisotopic (exact) mass is 191 g/mol. The number of benzene rings is 1. The summed E-state index contributed by atoms with van der Waals surface area (Å²) in [5, 5.41) is 0. The number of unbranched alkanes of at least 4 members (excludes halogenated alkanes) is 1. The minimum absolute atomic E-state index is 0.218. The fourth-order valence-corrected chi connectivity index (χ4v) is 1.33. The van der Waals surface area contributed by atoms with Crippen LogP contribution in [-0.4, -0.2) is 5.78 Å². The van der Waals surface area contributed by atoms with Crippen LogP contribution in [0, 0.1) is 6.92 Å². The molecule has 2 N–H and O–H groups in total. The molecule has 0 aromatic heterocycles. The zero-order valence-corrected chi connectivity index (χ0v) is 8.84. The van der Waals surface area contributed by atoms with Crippen molar-refractivity contribution in [2.75, 3.05) is 5.73 Å². The SMILES string of the molecule is CCCCC(=O)c1ccc(N)c(C)c1. The van der Waals surface area contributed by atoms with Gasteiger partial charge in [0.1, 0.15) is 0 Å². The van der Waals surface area contributed by atoms with Gasteiger partial charge >= 0.3 is 0 Å². The molecule has 0 heterocycles. The van der Waals surface area contributed by atoms with Crippen LogP contribution < -0.4 is 5.73 Å². The predicted octanol–water partition coefficient (Wildman–Crippen LogP) is 2.95. The number of hydrogen-bond donors (Lipinski definition) is 1. The maximum atomic E-state index is 11.6. The number of nitrogens with two attached hydrogens (primary N) is 1. The Balaban J connectivity index is 2.76. The second kappa shape index (κ2) is 4.80. The van der Waals surface area contributed by atoms with Gasteiger partial charge in [-0.25, -0.2) is 0 Å². The van der Waals surface area contributed by atoms with Crippen molar-refractivity contribution in [1.82, 2.24) is 0 Å². The summed E-state index contributed by atoms with van der Waals surface area (Å²) in [7, 11) is 0. The Bertz CT molecular complexity index is 331. The van der Waals surface area contributed by atoms with Crippen molar-refractivity contribution in [3.8, 4) is 0 Å². The zero-order chi connectivity index (χ0) is 10.6. The molecule has 0 unspecified atom stereocenters. The number of aryl methyl sites for hydroxylation is 1. The lowest BCUT2D eigenvalue weighted by Crippen LogP contribution is -2.00. The van der Waals surface area contributed by atoms with Crippen molar-refractivity contribution in [3.05, 3.63) is 29.3 Å². The van der Waals surface area contributed by atoms with Crippen molar-refractivity contribution in [3.63, 3.8) is 0 Å². The minimum atomic E-state index is 0.218. The lowest BCUT2D eigenvalue weighted by molar-refractivity contribution is 0.0979. The van der Waals surface area contributed by atoms with Crippen molar-refractivity contribution in [2.24, 2.45) is 0 Å². The number of hydrogen-bond acceptors (Lipinski definition) is 2. The lowest BCUT2D eigenvalue weighted by atomic mass is 10.0. The molecule has 0 saturated carbocycles. The molecule has 1 rings (SSSR count). The first-order valence-electron chi connectivity index (χ1n) is 5.04. The summed E-state index contributed by atoms with van der Waals surface area (Å²) in [6, 6.07) is 5.47. The van der Waals surface area contributed by atoms with Crippen molar-refractivity contribution >= 4 is 11.5 Å². The van der Waals surface area contributed by atoms with Crippen molar-refractivity contribution < 1.29 is 4.79 Å². The van der Waals surface area contributed by atoms with E-state index in [0.29, 0.717) is 6.42 Å². The molecule has 0 aliphatic rings. The molecule has 2 heteroatoms. The number of anilines is 1. The first-order chi connectivity index (χ1) is 6.65. The second-order valence-electron chi connectivity index (χ2n) is 3.60. The average molecular weight is 191 g/mol. The van der Waals surface area contributed by atoms with Gasteiger partial charge in [0.25, 0.3) is 0 Å². The average Bonchev–Trinajstić information content (AvgIpc) is 2.18. The van der Waals surface area contributed by atoms with Gasteiger partial charge in [-0.3, -0.25) is 4.79 Å². The third-order valence-corrected chi connectivity index (χ3v) is 2.35. The molecule has 0 bridgehead atoms. The Hall–Kier alpha value is -1.31. The predicted molar refractivity (Wildman–Crippen MR) is 59.4 cm³/mol. The van der Waals surface area contributed by atoms with Crippen LogP contribution in [0.3, 0.4) is 0 Å². The largest absolute Gasteiger partial charge is 0.399 e. The molecule has 0 aliphatic heterocycles. The van der Waals surface area contributed by atoms with Crippen LogP contribution in [0.4, 0.5) is 5.69 Å². The number of carbonyl (C=O) groups is 1. The first-order valence-corrected chi connectivity index (χ1v) is 5.04. The summed E-state index contributed by atoms with van der Waals surface area (Å²) in [5.41, 5.74) is 8.19. The molecule has 0 atom stereocenters. The summed E-state index contributed by atoms with van der Waals surface area (Å²) >= 11 is 0. The van der Waals surface area contributed by atoms with Gasteiger partial charge < -0.3 is 5.73 Å². The highest BCUT2D eigenvalue weighted by Crippen LogP contribution is 2.14. The van der Waals surface area contributed by atoms with Gasteiger partial charge in [-0.05, 0) is 37.1 Å². The number of nitrogen functional groups attached to an aromatic ring is 1. The molecule has 0 amide bonds. The van der Waals surface area contributed by atoms with E-state index in [0.717, 1.165) is 29.7 Å². The van der Waals surface area contributed by atoms with Crippen LogP contribution >= 0.6 is 0 Å². The van der Waals surface area contributed by atoms with Gasteiger partial charge in [-0.2, -0.15) is 0 Å². The molecular weight excluding hydrogens is 174 g/mol.